The molecule has 29 heavy (non-hydrogen) atoms. The Morgan fingerprint density at radius 3 is 2.34 bits per heavy atom. The van der Waals surface area contributed by atoms with Gasteiger partial charge in [-0.25, -0.2) is 9.67 Å². The first-order chi connectivity index (χ1) is 14.2. The first kappa shape index (κ1) is 18.7. The van der Waals surface area contributed by atoms with Crippen LogP contribution in [0.4, 0.5) is 5.82 Å². The number of rotatable bonds is 5. The Labute approximate surface area is 167 Å². The third kappa shape index (κ3) is 3.82. The summed E-state index contributed by atoms with van der Waals surface area (Å²) in [7, 11) is 3.13. The predicted octanol–water partition coefficient (Wildman–Crippen LogP) is 1.04. The van der Waals surface area contributed by atoms with Crippen LogP contribution in [0.5, 0.6) is 11.5 Å². The van der Waals surface area contributed by atoms with E-state index in [1.54, 1.807) is 43.4 Å². The third-order valence-corrected chi connectivity index (χ3v) is 4.82. The molecule has 10 heteroatoms. The molecule has 4 rings (SSSR count). The zero-order chi connectivity index (χ0) is 20.2. The molecule has 1 fully saturated rings. The fraction of sp³-hybridized carbons (Fsp3) is 0.316. The van der Waals surface area contributed by atoms with Crippen LogP contribution in [0.1, 0.15) is 10.4 Å². The minimum Gasteiger partial charge on any atom is -0.497 e. The number of piperazine rings is 1. The van der Waals surface area contributed by atoms with E-state index < -0.39 is 0 Å². The number of carbonyl (C=O) groups excluding carboxylic acids is 1. The summed E-state index contributed by atoms with van der Waals surface area (Å²) in [5.41, 5.74) is 0.527. The molecule has 0 aliphatic carbocycles. The van der Waals surface area contributed by atoms with Crippen LogP contribution in [0, 0.1) is 0 Å². The second kappa shape index (κ2) is 8.13. The zero-order valence-electron chi connectivity index (χ0n) is 16.2. The van der Waals surface area contributed by atoms with E-state index in [2.05, 4.69) is 25.2 Å². The van der Waals surface area contributed by atoms with Gasteiger partial charge < -0.3 is 19.3 Å². The Hall–Kier alpha value is -3.69. The molecule has 3 aromatic rings. The molecule has 0 atom stereocenters. The number of ether oxygens (including phenoxy) is 2. The normalized spacial score (nSPS) is 14.0. The van der Waals surface area contributed by atoms with Gasteiger partial charge in [0.15, 0.2) is 11.6 Å². The van der Waals surface area contributed by atoms with Gasteiger partial charge in [0.25, 0.3) is 5.91 Å². The molecule has 1 aliphatic rings. The van der Waals surface area contributed by atoms with Crippen molar-refractivity contribution in [1.29, 1.82) is 0 Å². The molecule has 0 unspecified atom stereocenters. The lowest BCUT2D eigenvalue weighted by atomic mass is 10.1. The van der Waals surface area contributed by atoms with Crippen molar-refractivity contribution in [2.24, 2.45) is 0 Å². The molecule has 0 saturated carbocycles. The minimum atomic E-state index is -0.0585. The summed E-state index contributed by atoms with van der Waals surface area (Å²) in [6, 6.07) is 8.96. The number of benzene rings is 1. The largest absolute Gasteiger partial charge is 0.497 e. The Bertz CT molecular complexity index is 968. The fourth-order valence-electron chi connectivity index (χ4n) is 3.22. The van der Waals surface area contributed by atoms with E-state index in [9.17, 15) is 4.79 Å². The topological polar surface area (TPSA) is 98.5 Å². The maximum absolute atomic E-state index is 12.9. The molecule has 150 valence electrons. The SMILES string of the molecule is COc1ccc(C(=O)N2CCN(c3ccc(-n4cncn4)nn3)CC2)c(OC)c1. The standard InChI is InChI=1S/C19H21N7O3/c1-28-14-3-4-15(16(11-14)29-2)19(27)25-9-7-24(8-10-25)17-5-6-18(23-22-17)26-13-20-12-21-26/h3-6,11-13H,7-10H2,1-2H3. The van der Waals surface area contributed by atoms with Gasteiger partial charge in [0.1, 0.15) is 24.2 Å². The van der Waals surface area contributed by atoms with E-state index in [1.165, 1.54) is 6.33 Å². The van der Waals surface area contributed by atoms with E-state index >= 15 is 0 Å². The van der Waals surface area contributed by atoms with Crippen LogP contribution in [-0.4, -0.2) is 76.2 Å². The second-order valence-electron chi connectivity index (χ2n) is 6.44. The van der Waals surface area contributed by atoms with Crippen molar-refractivity contribution >= 4 is 11.7 Å². The van der Waals surface area contributed by atoms with E-state index in [1.807, 2.05) is 17.0 Å². The van der Waals surface area contributed by atoms with E-state index in [4.69, 9.17) is 9.47 Å². The number of carbonyl (C=O) groups is 1. The summed E-state index contributed by atoms with van der Waals surface area (Å²) >= 11 is 0. The van der Waals surface area contributed by atoms with Gasteiger partial charge in [-0.1, -0.05) is 0 Å². The highest BCUT2D eigenvalue weighted by atomic mass is 16.5. The molecule has 10 nitrogen and oxygen atoms in total. The zero-order valence-corrected chi connectivity index (χ0v) is 16.2. The van der Waals surface area contributed by atoms with Crippen molar-refractivity contribution < 1.29 is 14.3 Å². The lowest BCUT2D eigenvalue weighted by Gasteiger charge is -2.35. The molecule has 3 heterocycles. The van der Waals surface area contributed by atoms with Crippen LogP contribution in [0.2, 0.25) is 0 Å². The molecule has 1 saturated heterocycles. The molecule has 1 aliphatic heterocycles. The summed E-state index contributed by atoms with van der Waals surface area (Å²) in [5.74, 6) is 2.47. The Morgan fingerprint density at radius 2 is 1.72 bits per heavy atom. The average Bonchev–Trinajstić information content (AvgIpc) is 3.33. The first-order valence-electron chi connectivity index (χ1n) is 9.14. The van der Waals surface area contributed by atoms with Gasteiger partial charge in [-0.3, -0.25) is 4.79 Å². The fourth-order valence-corrected chi connectivity index (χ4v) is 3.22. The summed E-state index contributed by atoms with van der Waals surface area (Å²) < 4.78 is 12.1. The molecule has 0 N–H and O–H groups in total. The highest BCUT2D eigenvalue weighted by molar-refractivity contribution is 5.97. The molecule has 1 aromatic carbocycles. The molecule has 0 radical (unpaired) electrons. The number of aromatic nitrogens is 5. The lowest BCUT2D eigenvalue weighted by Crippen LogP contribution is -2.49. The molecule has 0 spiro atoms. The summed E-state index contributed by atoms with van der Waals surface area (Å²) in [6.07, 6.45) is 3.02. The molecule has 1 amide bonds. The number of hydrogen-bond acceptors (Lipinski definition) is 8. The van der Waals surface area contributed by atoms with Gasteiger partial charge in [-0.2, -0.15) is 5.10 Å². The van der Waals surface area contributed by atoms with Gasteiger partial charge in [0.2, 0.25) is 0 Å². The molecule has 2 aromatic heterocycles. The van der Waals surface area contributed by atoms with E-state index in [-0.39, 0.29) is 5.91 Å². The van der Waals surface area contributed by atoms with Crippen molar-refractivity contribution in [2.75, 3.05) is 45.3 Å². The van der Waals surface area contributed by atoms with Crippen LogP contribution >= 0.6 is 0 Å². The van der Waals surface area contributed by atoms with Gasteiger partial charge in [0, 0.05) is 32.2 Å². The first-order valence-corrected chi connectivity index (χ1v) is 9.14. The molecule has 0 bridgehead atoms. The summed E-state index contributed by atoms with van der Waals surface area (Å²) in [5, 5.41) is 12.5. The van der Waals surface area contributed by atoms with Crippen LogP contribution in [-0.2, 0) is 0 Å². The van der Waals surface area contributed by atoms with Crippen molar-refractivity contribution in [3.8, 4) is 17.3 Å². The number of methoxy groups -OCH3 is 2. The van der Waals surface area contributed by atoms with Crippen LogP contribution < -0.4 is 14.4 Å². The quantitative estimate of drug-likeness (QED) is 0.632. The second-order valence-corrected chi connectivity index (χ2v) is 6.44. The van der Waals surface area contributed by atoms with Crippen LogP contribution in [0.15, 0.2) is 43.0 Å². The van der Waals surface area contributed by atoms with Gasteiger partial charge in [0.05, 0.1) is 19.8 Å². The van der Waals surface area contributed by atoms with E-state index in [0.717, 1.165) is 5.82 Å². The van der Waals surface area contributed by atoms with Crippen LogP contribution in [0.25, 0.3) is 5.82 Å². The predicted molar refractivity (Wildman–Crippen MR) is 105 cm³/mol. The Morgan fingerprint density at radius 1 is 0.966 bits per heavy atom. The third-order valence-electron chi connectivity index (χ3n) is 4.82. The number of amides is 1. The number of hydrogen-bond donors (Lipinski definition) is 0. The van der Waals surface area contributed by atoms with Gasteiger partial charge in [-0.05, 0) is 24.3 Å². The van der Waals surface area contributed by atoms with Crippen molar-refractivity contribution in [3.63, 3.8) is 0 Å². The maximum Gasteiger partial charge on any atom is 0.257 e. The molecular formula is C19H21N7O3. The minimum absolute atomic E-state index is 0.0585. The number of anilines is 1. The monoisotopic (exact) mass is 395 g/mol. The van der Waals surface area contributed by atoms with Crippen molar-refractivity contribution in [1.82, 2.24) is 29.9 Å². The van der Waals surface area contributed by atoms with Crippen molar-refractivity contribution in [2.45, 2.75) is 0 Å². The van der Waals surface area contributed by atoms with Gasteiger partial charge >= 0.3 is 0 Å². The maximum atomic E-state index is 12.9. The van der Waals surface area contributed by atoms with E-state index in [0.29, 0.717) is 49.1 Å². The smallest absolute Gasteiger partial charge is 0.257 e. The van der Waals surface area contributed by atoms with Crippen LogP contribution in [0.3, 0.4) is 0 Å². The summed E-state index contributed by atoms with van der Waals surface area (Å²) in [4.78, 5) is 20.8. The van der Waals surface area contributed by atoms with Crippen molar-refractivity contribution in [3.05, 3.63) is 48.5 Å². The number of nitrogens with zero attached hydrogens (tertiary/aromatic N) is 7. The lowest BCUT2D eigenvalue weighted by molar-refractivity contribution is 0.0743. The molecular weight excluding hydrogens is 374 g/mol. The average molecular weight is 395 g/mol. The van der Waals surface area contributed by atoms with Gasteiger partial charge in [-0.15, -0.1) is 10.2 Å². The summed E-state index contributed by atoms with van der Waals surface area (Å²) in [6.45, 7) is 2.50. The Balaban J connectivity index is 1.41. The highest BCUT2D eigenvalue weighted by Gasteiger charge is 2.25. The Kier molecular flexibility index (Phi) is 5.23. The highest BCUT2D eigenvalue weighted by Crippen LogP contribution is 2.26.